The van der Waals surface area contributed by atoms with Crippen LogP contribution in [0.25, 0.3) is 0 Å². The molecule has 31 heavy (non-hydrogen) atoms. The van der Waals surface area contributed by atoms with Gasteiger partial charge in [0, 0.05) is 5.41 Å². The van der Waals surface area contributed by atoms with Crippen LogP contribution in [-0.4, -0.2) is 19.3 Å². The normalized spacial score (nSPS) is 35.5. The molecule has 2 rings (SSSR count). The molecule has 2 aliphatic rings. The summed E-state index contributed by atoms with van der Waals surface area (Å²) in [6.07, 6.45) is 8.84. The van der Waals surface area contributed by atoms with E-state index in [2.05, 4.69) is 69.2 Å². The molecule has 1 aliphatic carbocycles. The van der Waals surface area contributed by atoms with E-state index in [0.717, 1.165) is 31.5 Å². The topological polar surface area (TPSA) is 27.7 Å². The highest BCUT2D eigenvalue weighted by Crippen LogP contribution is 2.57. The molecule has 1 saturated heterocycles. The fourth-order valence-electron chi connectivity index (χ4n) is 5.76. The van der Waals surface area contributed by atoms with Crippen LogP contribution in [0.5, 0.6) is 0 Å². The second-order valence-corrected chi connectivity index (χ2v) is 14.4. The minimum absolute atomic E-state index is 0.181. The Morgan fingerprint density at radius 3 is 1.84 bits per heavy atom. The summed E-state index contributed by atoms with van der Waals surface area (Å²) in [5.41, 5.74) is 0.604. The summed E-state index contributed by atoms with van der Waals surface area (Å²) in [7, 11) is -1.25. The van der Waals surface area contributed by atoms with Crippen LogP contribution in [0.4, 0.5) is 0 Å². The number of unbranched alkanes of at least 4 members (excludes halogenated alkanes) is 1. The molecule has 1 heterocycles. The molecule has 3 nitrogen and oxygen atoms in total. The zero-order chi connectivity index (χ0) is 23.4. The Morgan fingerprint density at radius 1 is 0.935 bits per heavy atom. The summed E-state index contributed by atoms with van der Waals surface area (Å²) >= 11 is 0. The molecule has 0 aromatic rings. The standard InChI is InChI=1S/C27H53O3P/c1-11-13-14-27(12-2)18-28-31(29-19-27)30-24-22(25(5,6)7)16-21(15-20(3)4)17-23(24)26(8,9)10/h20-24H,11-19H2,1-10H3. The van der Waals surface area contributed by atoms with Crippen molar-refractivity contribution in [3.63, 3.8) is 0 Å². The van der Waals surface area contributed by atoms with Gasteiger partial charge in [-0.3, -0.25) is 0 Å². The van der Waals surface area contributed by atoms with Crippen LogP contribution >= 0.6 is 8.60 Å². The Bertz CT molecular complexity index is 502. The van der Waals surface area contributed by atoms with Crippen molar-refractivity contribution in [1.82, 2.24) is 0 Å². The molecule has 4 heteroatoms. The van der Waals surface area contributed by atoms with Gasteiger partial charge in [0.25, 0.3) is 0 Å². The van der Waals surface area contributed by atoms with Crippen molar-refractivity contribution in [3.05, 3.63) is 0 Å². The van der Waals surface area contributed by atoms with Crippen LogP contribution in [-0.2, 0) is 13.6 Å². The molecule has 0 bridgehead atoms. The van der Waals surface area contributed by atoms with Crippen molar-refractivity contribution in [2.45, 2.75) is 120 Å². The van der Waals surface area contributed by atoms with E-state index in [1.165, 1.54) is 38.5 Å². The van der Waals surface area contributed by atoms with Gasteiger partial charge in [0.1, 0.15) is 0 Å². The van der Waals surface area contributed by atoms with Gasteiger partial charge in [-0.15, -0.1) is 0 Å². The molecule has 2 fully saturated rings. The SMILES string of the molecule is CCCCC1(CC)COP(OC2C(C(C)(C)C)CC(CC(C)C)CC2C(C)(C)C)OC1. The zero-order valence-electron chi connectivity index (χ0n) is 22.4. The fourth-order valence-corrected chi connectivity index (χ4v) is 7.20. The summed E-state index contributed by atoms with van der Waals surface area (Å²) in [4.78, 5) is 0. The number of rotatable bonds is 8. The Labute approximate surface area is 195 Å². The lowest BCUT2D eigenvalue weighted by Crippen LogP contribution is -2.49. The lowest BCUT2D eigenvalue weighted by atomic mass is 9.58. The maximum absolute atomic E-state index is 6.83. The van der Waals surface area contributed by atoms with Crippen LogP contribution in [0, 0.1) is 39.9 Å². The van der Waals surface area contributed by atoms with Gasteiger partial charge in [0.15, 0.2) is 0 Å². The Hall–Kier alpha value is 0.310. The predicted octanol–water partition coefficient (Wildman–Crippen LogP) is 9.01. The maximum atomic E-state index is 6.83. The number of hydrogen-bond acceptors (Lipinski definition) is 3. The van der Waals surface area contributed by atoms with Crippen molar-refractivity contribution < 1.29 is 13.6 Å². The molecule has 0 spiro atoms. The minimum Gasteiger partial charge on any atom is -0.312 e. The molecule has 1 aliphatic heterocycles. The Morgan fingerprint density at radius 2 is 1.45 bits per heavy atom. The first kappa shape index (κ1) is 27.6. The van der Waals surface area contributed by atoms with Crippen molar-refractivity contribution in [2.75, 3.05) is 13.2 Å². The maximum Gasteiger partial charge on any atom is 0.332 e. The second kappa shape index (κ2) is 11.2. The van der Waals surface area contributed by atoms with Gasteiger partial charge < -0.3 is 13.6 Å². The second-order valence-electron chi connectivity index (χ2n) is 13.2. The van der Waals surface area contributed by atoms with E-state index in [-0.39, 0.29) is 22.3 Å². The highest BCUT2D eigenvalue weighted by molar-refractivity contribution is 7.41. The van der Waals surface area contributed by atoms with Gasteiger partial charge in [0.05, 0.1) is 19.3 Å². The van der Waals surface area contributed by atoms with Gasteiger partial charge in [-0.1, -0.05) is 82.1 Å². The molecule has 0 N–H and O–H groups in total. The molecule has 1 saturated carbocycles. The minimum atomic E-state index is -1.25. The summed E-state index contributed by atoms with van der Waals surface area (Å²) in [6, 6.07) is 0. The third kappa shape index (κ3) is 7.66. The van der Waals surface area contributed by atoms with E-state index in [9.17, 15) is 0 Å². The molecule has 0 aromatic heterocycles. The van der Waals surface area contributed by atoms with Gasteiger partial charge in [-0.25, -0.2) is 0 Å². The van der Waals surface area contributed by atoms with E-state index in [4.69, 9.17) is 13.6 Å². The van der Waals surface area contributed by atoms with Crippen molar-refractivity contribution in [2.24, 2.45) is 39.9 Å². The first-order valence-electron chi connectivity index (χ1n) is 13.0. The summed E-state index contributed by atoms with van der Waals surface area (Å²) in [5, 5.41) is 0. The van der Waals surface area contributed by atoms with Crippen molar-refractivity contribution in [3.8, 4) is 0 Å². The zero-order valence-corrected chi connectivity index (χ0v) is 23.3. The molecule has 2 unspecified atom stereocenters. The largest absolute Gasteiger partial charge is 0.332 e. The molecule has 184 valence electrons. The quantitative estimate of drug-likeness (QED) is 0.341. The molecule has 0 aromatic carbocycles. The van der Waals surface area contributed by atoms with Crippen molar-refractivity contribution in [1.29, 1.82) is 0 Å². The number of hydrogen-bond donors (Lipinski definition) is 0. The molecule has 0 radical (unpaired) electrons. The van der Waals surface area contributed by atoms with Crippen LogP contribution < -0.4 is 0 Å². The summed E-state index contributed by atoms with van der Waals surface area (Å²) < 4.78 is 19.5. The van der Waals surface area contributed by atoms with Gasteiger partial charge in [-0.05, 0) is 66.6 Å². The van der Waals surface area contributed by atoms with Gasteiger partial charge in [-0.2, -0.15) is 0 Å². The average Bonchev–Trinajstić information content (AvgIpc) is 2.66. The molecule has 2 atom stereocenters. The molecular formula is C27H53O3P. The van der Waals surface area contributed by atoms with E-state index in [1.807, 2.05) is 0 Å². The Balaban J connectivity index is 2.17. The first-order valence-corrected chi connectivity index (χ1v) is 14.1. The molecular weight excluding hydrogens is 403 g/mol. The third-order valence-electron chi connectivity index (χ3n) is 7.97. The van der Waals surface area contributed by atoms with Crippen LogP contribution in [0.2, 0.25) is 0 Å². The smallest absolute Gasteiger partial charge is 0.312 e. The van der Waals surface area contributed by atoms with E-state index >= 15 is 0 Å². The van der Waals surface area contributed by atoms with Gasteiger partial charge in [0.2, 0.25) is 0 Å². The van der Waals surface area contributed by atoms with Crippen molar-refractivity contribution >= 4 is 8.60 Å². The average molecular weight is 457 g/mol. The monoisotopic (exact) mass is 456 g/mol. The van der Waals surface area contributed by atoms with Crippen LogP contribution in [0.15, 0.2) is 0 Å². The van der Waals surface area contributed by atoms with E-state index in [0.29, 0.717) is 11.8 Å². The summed E-state index contributed by atoms with van der Waals surface area (Å²) in [6.45, 7) is 25.2. The third-order valence-corrected chi connectivity index (χ3v) is 9.06. The van der Waals surface area contributed by atoms with Gasteiger partial charge >= 0.3 is 8.60 Å². The fraction of sp³-hybridized carbons (Fsp3) is 1.00. The summed E-state index contributed by atoms with van der Waals surface area (Å²) in [5.74, 6) is 2.60. The molecule has 0 amide bonds. The van der Waals surface area contributed by atoms with E-state index < -0.39 is 8.60 Å². The van der Waals surface area contributed by atoms with Crippen LogP contribution in [0.3, 0.4) is 0 Å². The highest BCUT2D eigenvalue weighted by Gasteiger charge is 2.49. The van der Waals surface area contributed by atoms with Crippen LogP contribution in [0.1, 0.15) is 114 Å². The lowest BCUT2D eigenvalue weighted by molar-refractivity contribution is -0.0926. The highest BCUT2D eigenvalue weighted by atomic mass is 31.2. The predicted molar refractivity (Wildman–Crippen MR) is 134 cm³/mol. The first-order chi connectivity index (χ1) is 14.3. The Kier molecular flexibility index (Phi) is 9.92. The lowest BCUT2D eigenvalue weighted by Gasteiger charge is -2.52. The van der Waals surface area contributed by atoms with E-state index in [1.54, 1.807) is 0 Å².